The number of amides is 1. The molecule has 0 radical (unpaired) electrons. The minimum absolute atomic E-state index is 0. The van der Waals surface area contributed by atoms with Gasteiger partial charge in [-0.1, -0.05) is 35.9 Å². The number of nitrogen functional groups attached to an aromatic ring is 1. The molecule has 4 N–H and O–H groups in total. The largest absolute Gasteiger partial charge is 0.480 e. The summed E-state index contributed by atoms with van der Waals surface area (Å²) in [5.74, 6) is -1.09. The van der Waals surface area contributed by atoms with Crippen molar-refractivity contribution in [2.24, 2.45) is 0 Å². The van der Waals surface area contributed by atoms with Crippen LogP contribution < -0.4 is 11.1 Å². The Morgan fingerprint density at radius 1 is 1.25 bits per heavy atom. The SMILES string of the molecule is CC(C)(C)OC(=O)N[C@@H](Cc1ccc(-c2cc(Cl)nc(N)n2)cc1)C(=O)O.Cl. The highest BCUT2D eigenvalue weighted by atomic mass is 35.5. The zero-order valence-electron chi connectivity index (χ0n) is 15.6. The number of carboxylic acids is 1. The zero-order valence-corrected chi connectivity index (χ0v) is 17.2. The van der Waals surface area contributed by atoms with Gasteiger partial charge >= 0.3 is 12.1 Å². The Kier molecular flexibility index (Phi) is 8.01. The van der Waals surface area contributed by atoms with E-state index >= 15 is 0 Å². The number of carbonyl (C=O) groups is 2. The summed E-state index contributed by atoms with van der Waals surface area (Å²) in [7, 11) is 0. The van der Waals surface area contributed by atoms with Crippen LogP contribution in [0.4, 0.5) is 10.7 Å². The first-order valence-corrected chi connectivity index (χ1v) is 8.53. The number of benzene rings is 1. The molecule has 1 heterocycles. The van der Waals surface area contributed by atoms with E-state index in [4.69, 9.17) is 22.1 Å². The minimum Gasteiger partial charge on any atom is -0.480 e. The van der Waals surface area contributed by atoms with E-state index in [2.05, 4.69) is 15.3 Å². The van der Waals surface area contributed by atoms with E-state index in [0.29, 0.717) is 5.69 Å². The molecule has 1 aromatic heterocycles. The number of nitrogens with zero attached hydrogens (tertiary/aromatic N) is 2. The molecule has 0 aliphatic carbocycles. The first-order chi connectivity index (χ1) is 12.5. The maximum Gasteiger partial charge on any atom is 0.408 e. The molecule has 0 aliphatic heterocycles. The summed E-state index contributed by atoms with van der Waals surface area (Å²) in [5.41, 5.74) is 6.90. The van der Waals surface area contributed by atoms with Crippen LogP contribution in [0, 0.1) is 0 Å². The van der Waals surface area contributed by atoms with Crippen LogP contribution in [0.2, 0.25) is 5.15 Å². The molecule has 0 unspecified atom stereocenters. The van der Waals surface area contributed by atoms with Crippen LogP contribution >= 0.6 is 24.0 Å². The lowest BCUT2D eigenvalue weighted by molar-refractivity contribution is -0.139. The van der Waals surface area contributed by atoms with E-state index in [1.165, 1.54) is 0 Å². The number of carboxylic acid groups (broad SMARTS) is 1. The fourth-order valence-corrected chi connectivity index (χ4v) is 2.47. The normalized spacial score (nSPS) is 11.9. The number of ether oxygens (including phenoxy) is 1. The van der Waals surface area contributed by atoms with Gasteiger partial charge < -0.3 is 20.9 Å². The van der Waals surface area contributed by atoms with Gasteiger partial charge in [-0.3, -0.25) is 0 Å². The van der Waals surface area contributed by atoms with Crippen LogP contribution in [-0.4, -0.2) is 38.8 Å². The lowest BCUT2D eigenvalue weighted by Crippen LogP contribution is -2.44. The second kappa shape index (κ2) is 9.57. The maximum atomic E-state index is 11.8. The molecule has 8 nitrogen and oxygen atoms in total. The highest BCUT2D eigenvalue weighted by molar-refractivity contribution is 6.29. The standard InChI is InChI=1S/C18H21ClN4O4.ClH/c1-18(2,3)27-17(26)22-13(15(24)25)8-10-4-6-11(7-5-10)12-9-14(19)23-16(20)21-12;/h4-7,9,13H,8H2,1-3H3,(H,22,26)(H,24,25)(H2,20,21,23);1H/t13-;/m0./s1. The first kappa shape index (κ1) is 23.5. The predicted octanol–water partition coefficient (Wildman–Crippen LogP) is 3.32. The average molecular weight is 429 g/mol. The molecule has 2 rings (SSSR count). The topological polar surface area (TPSA) is 127 Å². The van der Waals surface area contributed by atoms with Crippen molar-refractivity contribution in [1.82, 2.24) is 15.3 Å². The van der Waals surface area contributed by atoms with E-state index in [-0.39, 0.29) is 29.9 Å². The Hall–Kier alpha value is -2.58. The molecule has 0 fully saturated rings. The van der Waals surface area contributed by atoms with Crippen LogP contribution in [-0.2, 0) is 16.0 Å². The van der Waals surface area contributed by atoms with Gasteiger partial charge in [0.05, 0.1) is 5.69 Å². The van der Waals surface area contributed by atoms with Crippen LogP contribution in [0.5, 0.6) is 0 Å². The molecule has 1 amide bonds. The molecular weight excluding hydrogens is 407 g/mol. The molecule has 152 valence electrons. The number of hydrogen-bond acceptors (Lipinski definition) is 6. The molecule has 2 aromatic rings. The van der Waals surface area contributed by atoms with Crippen LogP contribution in [0.1, 0.15) is 26.3 Å². The molecule has 28 heavy (non-hydrogen) atoms. The minimum atomic E-state index is -1.15. The van der Waals surface area contributed by atoms with Gasteiger partial charge in [-0.2, -0.15) is 0 Å². The van der Waals surface area contributed by atoms with Crippen molar-refractivity contribution in [3.63, 3.8) is 0 Å². The molecule has 1 aromatic carbocycles. The summed E-state index contributed by atoms with van der Waals surface area (Å²) in [5, 5.41) is 12.0. The van der Waals surface area contributed by atoms with Gasteiger partial charge in [-0.05, 0) is 26.3 Å². The molecule has 0 saturated carbocycles. The highest BCUT2D eigenvalue weighted by Crippen LogP contribution is 2.21. The van der Waals surface area contributed by atoms with Gasteiger partial charge in [0.2, 0.25) is 5.95 Å². The second-order valence-corrected chi connectivity index (χ2v) is 7.26. The number of anilines is 1. The Bertz CT molecular complexity index is 818. The quantitative estimate of drug-likeness (QED) is 0.622. The Balaban J connectivity index is 0.00000392. The van der Waals surface area contributed by atoms with Crippen LogP contribution in [0.3, 0.4) is 0 Å². The van der Waals surface area contributed by atoms with Gasteiger partial charge in [-0.25, -0.2) is 19.6 Å². The van der Waals surface area contributed by atoms with E-state index in [1.54, 1.807) is 51.1 Å². The van der Waals surface area contributed by atoms with Crippen molar-refractivity contribution in [1.29, 1.82) is 0 Å². The van der Waals surface area contributed by atoms with Crippen LogP contribution in [0.25, 0.3) is 11.3 Å². The van der Waals surface area contributed by atoms with E-state index in [9.17, 15) is 14.7 Å². The molecular formula is C18H22Cl2N4O4. The first-order valence-electron chi connectivity index (χ1n) is 8.15. The van der Waals surface area contributed by atoms with Crippen molar-refractivity contribution < 1.29 is 19.4 Å². The molecule has 1 atom stereocenters. The number of alkyl carbamates (subject to hydrolysis) is 1. The van der Waals surface area contributed by atoms with E-state index < -0.39 is 23.7 Å². The molecule has 0 saturated heterocycles. The number of nitrogens with two attached hydrogens (primary N) is 1. The van der Waals surface area contributed by atoms with Gasteiger partial charge in [0.1, 0.15) is 16.8 Å². The number of halogens is 2. The number of hydrogen-bond donors (Lipinski definition) is 3. The van der Waals surface area contributed by atoms with Crippen LogP contribution in [0.15, 0.2) is 30.3 Å². The maximum absolute atomic E-state index is 11.8. The number of rotatable bonds is 5. The van der Waals surface area contributed by atoms with Gasteiger partial charge in [0, 0.05) is 18.1 Å². The summed E-state index contributed by atoms with van der Waals surface area (Å²) in [6.07, 6.45) is -0.681. The van der Waals surface area contributed by atoms with E-state index in [1.807, 2.05) is 0 Å². The number of nitrogens with one attached hydrogen (secondary N) is 1. The zero-order chi connectivity index (χ0) is 20.2. The summed E-state index contributed by atoms with van der Waals surface area (Å²) < 4.78 is 5.10. The highest BCUT2D eigenvalue weighted by Gasteiger charge is 2.24. The average Bonchev–Trinajstić information content (AvgIpc) is 2.52. The van der Waals surface area contributed by atoms with E-state index in [0.717, 1.165) is 11.1 Å². The smallest absolute Gasteiger partial charge is 0.408 e. The fourth-order valence-electron chi connectivity index (χ4n) is 2.28. The number of carbonyl (C=O) groups excluding carboxylic acids is 1. The lowest BCUT2D eigenvalue weighted by Gasteiger charge is -2.22. The lowest BCUT2D eigenvalue weighted by atomic mass is 10.0. The monoisotopic (exact) mass is 428 g/mol. The van der Waals surface area contributed by atoms with Crippen molar-refractivity contribution in [3.05, 3.63) is 41.0 Å². The summed E-state index contributed by atoms with van der Waals surface area (Å²) in [4.78, 5) is 31.2. The summed E-state index contributed by atoms with van der Waals surface area (Å²) >= 11 is 5.88. The Morgan fingerprint density at radius 2 is 1.86 bits per heavy atom. The Morgan fingerprint density at radius 3 is 2.36 bits per heavy atom. The third-order valence-electron chi connectivity index (χ3n) is 3.39. The van der Waals surface area contributed by atoms with Crippen molar-refractivity contribution in [2.75, 3.05) is 5.73 Å². The van der Waals surface area contributed by atoms with Crippen molar-refractivity contribution in [3.8, 4) is 11.3 Å². The third kappa shape index (κ3) is 7.21. The number of aromatic nitrogens is 2. The molecule has 0 spiro atoms. The van der Waals surface area contributed by atoms with Gasteiger partial charge in [0.15, 0.2) is 0 Å². The summed E-state index contributed by atoms with van der Waals surface area (Å²) in [6, 6.07) is 7.48. The third-order valence-corrected chi connectivity index (χ3v) is 3.58. The van der Waals surface area contributed by atoms with Gasteiger partial charge in [-0.15, -0.1) is 12.4 Å². The summed E-state index contributed by atoms with van der Waals surface area (Å²) in [6.45, 7) is 5.10. The number of aliphatic carboxylic acids is 1. The van der Waals surface area contributed by atoms with Crippen molar-refractivity contribution in [2.45, 2.75) is 38.8 Å². The molecule has 0 bridgehead atoms. The van der Waals surface area contributed by atoms with Gasteiger partial charge in [0.25, 0.3) is 0 Å². The fraction of sp³-hybridized carbons (Fsp3) is 0.333. The molecule has 0 aliphatic rings. The second-order valence-electron chi connectivity index (χ2n) is 6.87. The molecule has 10 heteroatoms. The Labute approximate surface area is 173 Å². The van der Waals surface area contributed by atoms with Crippen molar-refractivity contribution >= 4 is 42.0 Å². The predicted molar refractivity (Wildman–Crippen MR) is 109 cm³/mol.